The molecule has 0 unspecified atom stereocenters. The van der Waals surface area contributed by atoms with Crippen LogP contribution < -0.4 is 9.47 Å². The highest BCUT2D eigenvalue weighted by Gasteiger charge is 2.32. The minimum Gasteiger partial charge on any atom is -0.493 e. The highest BCUT2D eigenvalue weighted by Crippen LogP contribution is 2.30. The molecular formula is C24H31N3O4S. The van der Waals surface area contributed by atoms with Gasteiger partial charge in [-0.05, 0) is 49.8 Å². The molecule has 32 heavy (non-hydrogen) atoms. The lowest BCUT2D eigenvalue weighted by atomic mass is 9.92. The van der Waals surface area contributed by atoms with Crippen LogP contribution in [0.3, 0.4) is 0 Å². The Balaban J connectivity index is 1.33. The lowest BCUT2D eigenvalue weighted by molar-refractivity contribution is -0.138. The molecule has 2 aliphatic heterocycles. The minimum absolute atomic E-state index is 0.0310. The summed E-state index contributed by atoms with van der Waals surface area (Å²) < 4.78 is 11.3. The summed E-state index contributed by atoms with van der Waals surface area (Å²) in [5, 5.41) is 1.94. The van der Waals surface area contributed by atoms with E-state index in [0.717, 1.165) is 44.5 Å². The van der Waals surface area contributed by atoms with Gasteiger partial charge < -0.3 is 19.3 Å². The molecule has 2 saturated heterocycles. The predicted octanol–water partition coefficient (Wildman–Crippen LogP) is 3.84. The van der Waals surface area contributed by atoms with E-state index in [1.807, 2.05) is 15.2 Å². The molecule has 0 N–H and O–H groups in total. The molecule has 1 aromatic heterocycles. The number of ether oxygens (including phenoxy) is 2. The molecule has 0 aliphatic carbocycles. The van der Waals surface area contributed by atoms with Crippen molar-refractivity contribution in [1.29, 1.82) is 0 Å². The van der Waals surface area contributed by atoms with Gasteiger partial charge in [-0.15, -0.1) is 11.3 Å². The van der Waals surface area contributed by atoms with Crippen molar-refractivity contribution < 1.29 is 19.1 Å². The molecule has 7 nitrogen and oxygen atoms in total. The van der Waals surface area contributed by atoms with Gasteiger partial charge in [0.25, 0.3) is 5.91 Å². The zero-order valence-electron chi connectivity index (χ0n) is 18.8. The lowest BCUT2D eigenvalue weighted by Crippen LogP contribution is -2.46. The van der Waals surface area contributed by atoms with Crippen molar-refractivity contribution in [3.05, 3.63) is 40.3 Å². The first-order chi connectivity index (χ1) is 15.5. The summed E-state index contributed by atoms with van der Waals surface area (Å²) in [6.07, 6.45) is 3.63. The molecule has 0 radical (unpaired) electrons. The van der Waals surface area contributed by atoms with Gasteiger partial charge in [-0.25, -0.2) is 4.98 Å². The lowest BCUT2D eigenvalue weighted by Gasteiger charge is -2.36. The van der Waals surface area contributed by atoms with Crippen LogP contribution >= 0.6 is 11.3 Å². The normalized spacial score (nSPS) is 17.9. The summed E-state index contributed by atoms with van der Waals surface area (Å²) in [4.78, 5) is 34.0. The third-order valence-corrected chi connectivity index (χ3v) is 7.13. The molecule has 2 fully saturated rings. The topological polar surface area (TPSA) is 72.0 Å². The smallest absolute Gasteiger partial charge is 0.253 e. The van der Waals surface area contributed by atoms with Crippen LogP contribution in [0.1, 0.15) is 48.7 Å². The second-order valence-electron chi connectivity index (χ2n) is 8.71. The van der Waals surface area contributed by atoms with Gasteiger partial charge in [0.15, 0.2) is 11.5 Å². The van der Waals surface area contributed by atoms with Gasteiger partial charge in [0.05, 0.1) is 18.3 Å². The average molecular weight is 458 g/mol. The van der Waals surface area contributed by atoms with E-state index in [9.17, 15) is 9.59 Å². The highest BCUT2D eigenvalue weighted by molar-refractivity contribution is 7.07. The molecule has 172 valence electrons. The number of aromatic nitrogens is 1. The molecule has 0 bridgehead atoms. The van der Waals surface area contributed by atoms with E-state index in [0.29, 0.717) is 42.7 Å². The molecule has 2 aromatic rings. The first-order valence-corrected chi connectivity index (χ1v) is 12.3. The molecule has 0 spiro atoms. The highest BCUT2D eigenvalue weighted by atomic mass is 32.1. The van der Waals surface area contributed by atoms with E-state index in [1.165, 1.54) is 11.3 Å². The number of hydrogen-bond donors (Lipinski definition) is 0. The Bertz CT molecular complexity index is 917. The number of amides is 2. The number of carbonyl (C=O) groups excluding carboxylic acids is 2. The van der Waals surface area contributed by atoms with Crippen LogP contribution in [-0.2, 0) is 11.4 Å². The Hall–Kier alpha value is -2.61. The van der Waals surface area contributed by atoms with Crippen LogP contribution in [0.4, 0.5) is 0 Å². The number of rotatable bonds is 6. The van der Waals surface area contributed by atoms with E-state index in [-0.39, 0.29) is 17.7 Å². The maximum absolute atomic E-state index is 13.1. The Morgan fingerprint density at radius 3 is 2.44 bits per heavy atom. The predicted molar refractivity (Wildman–Crippen MR) is 123 cm³/mol. The summed E-state index contributed by atoms with van der Waals surface area (Å²) >= 11 is 1.52. The monoisotopic (exact) mass is 457 g/mol. The summed E-state index contributed by atoms with van der Waals surface area (Å²) in [7, 11) is 1.57. The summed E-state index contributed by atoms with van der Waals surface area (Å²) in [6.45, 7) is 5.55. The molecule has 8 heteroatoms. The van der Waals surface area contributed by atoms with Gasteiger partial charge in [0.1, 0.15) is 6.61 Å². The maximum Gasteiger partial charge on any atom is 0.253 e. The van der Waals surface area contributed by atoms with Crippen LogP contribution in [0.5, 0.6) is 11.5 Å². The summed E-state index contributed by atoms with van der Waals surface area (Å²) in [6, 6.07) is 5.27. The first kappa shape index (κ1) is 22.6. The van der Waals surface area contributed by atoms with Gasteiger partial charge in [-0.1, -0.05) is 6.92 Å². The minimum atomic E-state index is -0.0351. The fraction of sp³-hybridized carbons (Fsp3) is 0.542. The fourth-order valence-corrected chi connectivity index (χ4v) is 4.92. The Morgan fingerprint density at radius 2 is 1.78 bits per heavy atom. The third kappa shape index (κ3) is 5.23. The zero-order chi connectivity index (χ0) is 22.5. The summed E-state index contributed by atoms with van der Waals surface area (Å²) in [5.74, 6) is 2.08. The number of carbonyl (C=O) groups is 2. The molecule has 2 amide bonds. The number of methoxy groups -OCH3 is 1. The van der Waals surface area contributed by atoms with E-state index < -0.39 is 0 Å². The number of nitrogens with zero attached hydrogens (tertiary/aromatic N) is 3. The van der Waals surface area contributed by atoms with Crippen molar-refractivity contribution in [1.82, 2.24) is 14.8 Å². The average Bonchev–Trinajstić information content (AvgIpc) is 3.36. The third-order valence-electron chi connectivity index (χ3n) is 6.50. The van der Waals surface area contributed by atoms with Crippen molar-refractivity contribution >= 4 is 23.2 Å². The second-order valence-corrected chi connectivity index (χ2v) is 9.43. The Morgan fingerprint density at radius 1 is 1.06 bits per heavy atom. The molecule has 1 aromatic carbocycles. The van der Waals surface area contributed by atoms with Crippen LogP contribution in [0.15, 0.2) is 29.1 Å². The number of thiazole rings is 1. The number of likely N-dealkylation sites (tertiary alicyclic amines) is 2. The van der Waals surface area contributed by atoms with Gasteiger partial charge in [0.2, 0.25) is 5.91 Å². The first-order valence-electron chi connectivity index (χ1n) is 11.3. The number of hydrogen-bond acceptors (Lipinski definition) is 6. The van der Waals surface area contributed by atoms with Gasteiger partial charge in [-0.3, -0.25) is 9.59 Å². The van der Waals surface area contributed by atoms with Crippen LogP contribution in [-0.4, -0.2) is 59.9 Å². The van der Waals surface area contributed by atoms with Gasteiger partial charge in [0, 0.05) is 43.0 Å². The molecule has 0 saturated carbocycles. The molecular weight excluding hydrogens is 426 g/mol. The van der Waals surface area contributed by atoms with Gasteiger partial charge in [-0.2, -0.15) is 0 Å². The zero-order valence-corrected chi connectivity index (χ0v) is 19.6. The van der Waals surface area contributed by atoms with E-state index in [1.54, 1.807) is 30.8 Å². The van der Waals surface area contributed by atoms with Crippen molar-refractivity contribution in [2.45, 2.75) is 39.2 Å². The van der Waals surface area contributed by atoms with Crippen molar-refractivity contribution in [2.75, 3.05) is 33.3 Å². The van der Waals surface area contributed by atoms with E-state index >= 15 is 0 Å². The van der Waals surface area contributed by atoms with Crippen LogP contribution in [0.2, 0.25) is 0 Å². The fourth-order valence-electron chi connectivity index (χ4n) is 4.38. The Labute approximate surface area is 193 Å². The molecule has 2 aliphatic rings. The SMILES string of the molecule is COc1cc(C(=O)N2CCC(C(=O)N3CCC(C)CC3)CC2)ccc1OCc1cscn1. The van der Waals surface area contributed by atoms with E-state index in [4.69, 9.17) is 9.47 Å². The van der Waals surface area contributed by atoms with Crippen LogP contribution in [0, 0.1) is 11.8 Å². The van der Waals surface area contributed by atoms with E-state index in [2.05, 4.69) is 11.9 Å². The quantitative estimate of drug-likeness (QED) is 0.659. The summed E-state index contributed by atoms with van der Waals surface area (Å²) in [5.41, 5.74) is 3.19. The van der Waals surface area contributed by atoms with Crippen LogP contribution in [0.25, 0.3) is 0 Å². The maximum atomic E-state index is 13.1. The largest absolute Gasteiger partial charge is 0.493 e. The molecule has 3 heterocycles. The number of piperidine rings is 2. The van der Waals surface area contributed by atoms with Gasteiger partial charge >= 0.3 is 0 Å². The standard InChI is InChI=1S/C24H31N3O4S/c1-17-5-9-26(10-6-17)23(28)18-7-11-27(12-8-18)24(29)19-3-4-21(22(13-19)30-2)31-14-20-15-32-16-25-20/h3-4,13,15-18H,5-12,14H2,1-2H3. The number of benzene rings is 1. The van der Waals surface area contributed by atoms with Crippen molar-refractivity contribution in [3.8, 4) is 11.5 Å². The molecule has 0 atom stereocenters. The molecule has 4 rings (SSSR count). The van der Waals surface area contributed by atoms with Crippen molar-refractivity contribution in [3.63, 3.8) is 0 Å². The van der Waals surface area contributed by atoms with Crippen molar-refractivity contribution in [2.24, 2.45) is 11.8 Å². The Kier molecular flexibility index (Phi) is 7.29. The second kappa shape index (κ2) is 10.3.